The van der Waals surface area contributed by atoms with E-state index in [1.807, 2.05) is 61.5 Å². The zero-order valence-electron chi connectivity index (χ0n) is 13.2. The van der Waals surface area contributed by atoms with E-state index >= 15 is 0 Å². The van der Waals surface area contributed by atoms with Gasteiger partial charge in [0.25, 0.3) is 0 Å². The maximum Gasteiger partial charge on any atom is 0.127 e. The second kappa shape index (κ2) is 6.54. The number of rotatable bonds is 5. The Bertz CT molecular complexity index is 830. The van der Waals surface area contributed by atoms with Crippen molar-refractivity contribution in [3.63, 3.8) is 0 Å². The molecule has 2 nitrogen and oxygen atoms in total. The molecule has 0 amide bonds. The van der Waals surface area contributed by atoms with Crippen LogP contribution in [0.15, 0.2) is 72.8 Å². The summed E-state index contributed by atoms with van der Waals surface area (Å²) in [6, 6.07) is 26.6. The van der Waals surface area contributed by atoms with Gasteiger partial charge >= 0.3 is 0 Å². The summed E-state index contributed by atoms with van der Waals surface area (Å²) < 4.78 is 5.99. The van der Waals surface area contributed by atoms with Gasteiger partial charge in [-0.3, -0.25) is 0 Å². The Morgan fingerprint density at radius 3 is 2.39 bits per heavy atom. The highest BCUT2D eigenvalue weighted by molar-refractivity contribution is 5.88. The minimum absolute atomic E-state index is 0.507. The van der Waals surface area contributed by atoms with E-state index in [0.29, 0.717) is 13.0 Å². The number of hydrogen-bond acceptors (Lipinski definition) is 2. The van der Waals surface area contributed by atoms with Gasteiger partial charge in [-0.25, -0.2) is 0 Å². The van der Waals surface area contributed by atoms with Crippen molar-refractivity contribution in [3.8, 4) is 11.8 Å². The smallest absolute Gasteiger partial charge is 0.127 e. The first-order chi connectivity index (χ1) is 11.2. The third-order valence-corrected chi connectivity index (χ3v) is 4.27. The van der Waals surface area contributed by atoms with E-state index < -0.39 is 5.41 Å². The lowest BCUT2D eigenvalue weighted by molar-refractivity contribution is 0.288. The van der Waals surface area contributed by atoms with Gasteiger partial charge in [0, 0.05) is 11.8 Å². The average Bonchev–Trinajstić information content (AvgIpc) is 2.62. The Labute approximate surface area is 137 Å². The van der Waals surface area contributed by atoms with Crippen molar-refractivity contribution in [2.24, 2.45) is 0 Å². The molecule has 0 fully saturated rings. The number of hydrogen-bond donors (Lipinski definition) is 0. The van der Waals surface area contributed by atoms with Crippen LogP contribution in [0.4, 0.5) is 0 Å². The second-order valence-electron chi connectivity index (χ2n) is 5.89. The monoisotopic (exact) mass is 301 g/mol. The molecule has 0 heterocycles. The van der Waals surface area contributed by atoms with Gasteiger partial charge in [0.2, 0.25) is 0 Å². The van der Waals surface area contributed by atoms with Gasteiger partial charge in [0.05, 0.1) is 18.1 Å². The van der Waals surface area contributed by atoms with E-state index in [9.17, 15) is 5.26 Å². The van der Waals surface area contributed by atoms with Crippen molar-refractivity contribution in [1.29, 1.82) is 5.26 Å². The summed E-state index contributed by atoms with van der Waals surface area (Å²) in [4.78, 5) is 0. The average molecular weight is 301 g/mol. The Balaban J connectivity index is 1.74. The molecule has 0 N–H and O–H groups in total. The maximum atomic E-state index is 9.60. The standard InChI is InChI=1S/C21H19NO/c1-21(16-22,18-10-3-2-4-11-18)14-15-23-20-13-7-9-17-8-5-6-12-19(17)20/h2-13H,14-15H2,1H3. The van der Waals surface area contributed by atoms with Crippen molar-refractivity contribution in [3.05, 3.63) is 78.4 Å². The number of benzene rings is 3. The normalized spacial score (nSPS) is 13.2. The van der Waals surface area contributed by atoms with Crippen LogP contribution in [0.3, 0.4) is 0 Å². The van der Waals surface area contributed by atoms with Crippen LogP contribution in [-0.4, -0.2) is 6.61 Å². The van der Waals surface area contributed by atoms with Crippen molar-refractivity contribution < 1.29 is 4.74 Å². The first-order valence-electron chi connectivity index (χ1n) is 7.80. The summed E-state index contributed by atoms with van der Waals surface area (Å²) in [6.45, 7) is 2.47. The van der Waals surface area contributed by atoms with Crippen LogP contribution < -0.4 is 4.74 Å². The first-order valence-corrected chi connectivity index (χ1v) is 7.80. The molecule has 0 spiro atoms. The molecule has 0 aliphatic rings. The minimum atomic E-state index is -0.536. The Morgan fingerprint density at radius 1 is 0.913 bits per heavy atom. The molecule has 0 aliphatic heterocycles. The molecule has 0 bridgehead atoms. The molecule has 3 aromatic carbocycles. The lowest BCUT2D eigenvalue weighted by atomic mass is 9.81. The summed E-state index contributed by atoms with van der Waals surface area (Å²) in [6.07, 6.45) is 0.650. The highest BCUT2D eigenvalue weighted by Crippen LogP contribution is 2.29. The largest absolute Gasteiger partial charge is 0.493 e. The number of nitriles is 1. The van der Waals surface area contributed by atoms with Gasteiger partial charge in [0.1, 0.15) is 5.75 Å². The van der Waals surface area contributed by atoms with Crippen LogP contribution in [0.1, 0.15) is 18.9 Å². The molecular formula is C21H19NO. The molecule has 0 radical (unpaired) electrons. The summed E-state index contributed by atoms with van der Waals surface area (Å²) >= 11 is 0. The van der Waals surface area contributed by atoms with Gasteiger partial charge in [-0.2, -0.15) is 5.26 Å². The predicted molar refractivity (Wildman–Crippen MR) is 93.5 cm³/mol. The maximum absolute atomic E-state index is 9.60. The zero-order valence-corrected chi connectivity index (χ0v) is 13.2. The van der Waals surface area contributed by atoms with E-state index in [4.69, 9.17) is 4.74 Å². The first kappa shape index (κ1) is 15.1. The fourth-order valence-electron chi connectivity index (χ4n) is 2.76. The SMILES string of the molecule is CC(C#N)(CCOc1cccc2ccccc12)c1ccccc1. The molecular weight excluding hydrogens is 282 g/mol. The molecule has 0 saturated heterocycles. The highest BCUT2D eigenvalue weighted by atomic mass is 16.5. The molecule has 0 aliphatic carbocycles. The molecule has 1 unspecified atom stereocenters. The predicted octanol–water partition coefficient (Wildman–Crippen LogP) is 5.09. The molecule has 2 heteroatoms. The van der Waals surface area contributed by atoms with Crippen LogP contribution >= 0.6 is 0 Å². The van der Waals surface area contributed by atoms with E-state index in [-0.39, 0.29) is 0 Å². The zero-order chi connectivity index (χ0) is 16.1. The molecule has 114 valence electrons. The quantitative estimate of drug-likeness (QED) is 0.657. The summed E-state index contributed by atoms with van der Waals surface area (Å²) in [5, 5.41) is 11.9. The second-order valence-corrected chi connectivity index (χ2v) is 5.89. The molecule has 3 aromatic rings. The van der Waals surface area contributed by atoms with Crippen LogP contribution in [-0.2, 0) is 5.41 Å². The fraction of sp³-hybridized carbons (Fsp3) is 0.190. The third kappa shape index (κ3) is 3.19. The molecule has 1 atom stereocenters. The Kier molecular flexibility index (Phi) is 4.30. The summed E-state index contributed by atoms with van der Waals surface area (Å²) in [5.41, 5.74) is 0.496. The van der Waals surface area contributed by atoms with Crippen molar-refractivity contribution >= 4 is 10.8 Å². The number of nitrogens with zero attached hydrogens (tertiary/aromatic N) is 1. The van der Waals surface area contributed by atoms with Crippen molar-refractivity contribution in [2.75, 3.05) is 6.61 Å². The van der Waals surface area contributed by atoms with E-state index in [1.165, 1.54) is 0 Å². The number of ether oxygens (including phenoxy) is 1. The van der Waals surface area contributed by atoms with Crippen LogP contribution in [0, 0.1) is 11.3 Å². The van der Waals surface area contributed by atoms with Gasteiger partial charge in [-0.05, 0) is 23.9 Å². The Hall–Kier alpha value is -2.79. The molecule has 3 rings (SSSR count). The number of fused-ring (bicyclic) bond motifs is 1. The van der Waals surface area contributed by atoms with Crippen molar-refractivity contribution in [2.45, 2.75) is 18.8 Å². The van der Waals surface area contributed by atoms with Gasteiger partial charge in [-0.15, -0.1) is 0 Å². The molecule has 23 heavy (non-hydrogen) atoms. The minimum Gasteiger partial charge on any atom is -0.493 e. The van der Waals surface area contributed by atoms with Gasteiger partial charge in [-0.1, -0.05) is 66.7 Å². The van der Waals surface area contributed by atoms with Crippen molar-refractivity contribution in [1.82, 2.24) is 0 Å². The van der Waals surface area contributed by atoms with E-state index in [1.54, 1.807) is 0 Å². The van der Waals surface area contributed by atoms with E-state index in [2.05, 4.69) is 24.3 Å². The van der Waals surface area contributed by atoms with E-state index in [0.717, 1.165) is 22.1 Å². The fourth-order valence-corrected chi connectivity index (χ4v) is 2.76. The topological polar surface area (TPSA) is 33.0 Å². The van der Waals surface area contributed by atoms with Gasteiger partial charge in [0.15, 0.2) is 0 Å². The van der Waals surface area contributed by atoms with Gasteiger partial charge < -0.3 is 4.74 Å². The summed E-state index contributed by atoms with van der Waals surface area (Å²) in [7, 11) is 0. The molecule has 0 saturated carbocycles. The molecule has 0 aromatic heterocycles. The van der Waals surface area contributed by atoms with Crippen LogP contribution in [0.5, 0.6) is 5.75 Å². The lowest BCUT2D eigenvalue weighted by Gasteiger charge is -2.22. The van der Waals surface area contributed by atoms with Crippen LogP contribution in [0.25, 0.3) is 10.8 Å². The Morgan fingerprint density at radius 2 is 1.61 bits per heavy atom. The lowest BCUT2D eigenvalue weighted by Crippen LogP contribution is -2.22. The third-order valence-electron chi connectivity index (χ3n) is 4.27. The highest BCUT2D eigenvalue weighted by Gasteiger charge is 2.26. The van der Waals surface area contributed by atoms with Crippen LogP contribution in [0.2, 0.25) is 0 Å². The summed E-state index contributed by atoms with van der Waals surface area (Å²) in [5.74, 6) is 0.872.